The summed E-state index contributed by atoms with van der Waals surface area (Å²) in [7, 11) is -3.05. The SMILES string of the molecule is CC(C)(C)CCS(=O)(=O)N1CCCC(CCBr)C1. The lowest BCUT2D eigenvalue weighted by atomic mass is 9.94. The number of hydrogen-bond acceptors (Lipinski definition) is 2. The van der Waals surface area contributed by atoms with Crippen LogP contribution in [0.2, 0.25) is 0 Å². The molecule has 0 amide bonds. The summed E-state index contributed by atoms with van der Waals surface area (Å²) in [4.78, 5) is 0. The zero-order chi connectivity index (χ0) is 13.8. The fraction of sp³-hybridized carbons (Fsp3) is 1.00. The molecule has 0 aromatic carbocycles. The molecule has 1 aliphatic rings. The van der Waals surface area contributed by atoms with Crippen molar-refractivity contribution < 1.29 is 8.42 Å². The standard InChI is InChI=1S/C13H26BrNO2S/c1-13(2,3)7-10-18(16,17)15-9-4-5-12(11-15)6-8-14/h12H,4-11H2,1-3H3. The summed E-state index contributed by atoms with van der Waals surface area (Å²) in [5.41, 5.74) is 0.0815. The van der Waals surface area contributed by atoms with E-state index in [1.807, 2.05) is 0 Å². The summed E-state index contributed by atoms with van der Waals surface area (Å²) in [6.07, 6.45) is 3.98. The zero-order valence-corrected chi connectivity index (χ0v) is 14.2. The maximum Gasteiger partial charge on any atom is 0.214 e. The minimum Gasteiger partial charge on any atom is -0.212 e. The van der Waals surface area contributed by atoms with Gasteiger partial charge in [0, 0.05) is 18.4 Å². The Morgan fingerprint density at radius 1 is 1.33 bits per heavy atom. The summed E-state index contributed by atoms with van der Waals surface area (Å²) >= 11 is 3.44. The second-order valence-corrected chi connectivity index (χ2v) is 9.35. The van der Waals surface area contributed by atoms with Gasteiger partial charge < -0.3 is 0 Å². The van der Waals surface area contributed by atoms with E-state index < -0.39 is 10.0 Å². The smallest absolute Gasteiger partial charge is 0.212 e. The molecule has 1 rings (SSSR count). The molecule has 1 heterocycles. The molecule has 0 radical (unpaired) electrons. The van der Waals surface area contributed by atoms with Crippen LogP contribution in [0, 0.1) is 11.3 Å². The average molecular weight is 340 g/mol. The van der Waals surface area contributed by atoms with E-state index in [0.717, 1.165) is 37.6 Å². The number of hydrogen-bond donors (Lipinski definition) is 0. The average Bonchev–Trinajstić information content (AvgIpc) is 2.27. The van der Waals surface area contributed by atoms with Crippen LogP contribution in [0.1, 0.15) is 46.5 Å². The van der Waals surface area contributed by atoms with Gasteiger partial charge in [-0.1, -0.05) is 36.7 Å². The fourth-order valence-corrected chi connectivity index (χ4v) is 4.85. The first-order chi connectivity index (χ1) is 8.24. The number of rotatable bonds is 5. The van der Waals surface area contributed by atoms with Crippen LogP contribution in [0.4, 0.5) is 0 Å². The van der Waals surface area contributed by atoms with Crippen molar-refractivity contribution in [2.24, 2.45) is 11.3 Å². The molecule has 0 aromatic heterocycles. The van der Waals surface area contributed by atoms with E-state index >= 15 is 0 Å². The lowest BCUT2D eigenvalue weighted by molar-refractivity contribution is 0.261. The van der Waals surface area contributed by atoms with E-state index in [9.17, 15) is 8.42 Å². The Hall–Kier alpha value is 0.390. The van der Waals surface area contributed by atoms with Gasteiger partial charge in [-0.05, 0) is 37.0 Å². The van der Waals surface area contributed by atoms with Gasteiger partial charge in [-0.2, -0.15) is 0 Å². The third-order valence-corrected chi connectivity index (χ3v) is 5.80. The normalized spacial score (nSPS) is 23.2. The molecule has 5 heteroatoms. The molecule has 3 nitrogen and oxygen atoms in total. The molecule has 0 aromatic rings. The van der Waals surface area contributed by atoms with Crippen LogP contribution in [0.25, 0.3) is 0 Å². The highest BCUT2D eigenvalue weighted by Gasteiger charge is 2.29. The van der Waals surface area contributed by atoms with Crippen molar-refractivity contribution in [1.82, 2.24) is 4.31 Å². The van der Waals surface area contributed by atoms with Gasteiger partial charge in [-0.15, -0.1) is 0 Å². The summed E-state index contributed by atoms with van der Waals surface area (Å²) in [5, 5.41) is 0.966. The van der Waals surface area contributed by atoms with Crippen LogP contribution in [0.5, 0.6) is 0 Å². The third-order valence-electron chi connectivity index (χ3n) is 3.50. The second-order valence-electron chi connectivity index (χ2n) is 6.47. The Kier molecular flexibility index (Phi) is 6.13. The minimum absolute atomic E-state index is 0.0815. The Morgan fingerprint density at radius 2 is 2.00 bits per heavy atom. The predicted octanol–water partition coefficient (Wildman–Crippen LogP) is 3.25. The summed E-state index contributed by atoms with van der Waals surface area (Å²) in [5.74, 6) is 0.819. The summed E-state index contributed by atoms with van der Waals surface area (Å²) in [6.45, 7) is 7.70. The number of sulfonamides is 1. The molecular formula is C13H26BrNO2S. The number of halogens is 1. The molecule has 0 aliphatic carbocycles. The first kappa shape index (κ1) is 16.4. The molecule has 0 N–H and O–H groups in total. The first-order valence-corrected chi connectivity index (χ1v) is 9.51. The quantitative estimate of drug-likeness (QED) is 0.721. The van der Waals surface area contributed by atoms with Crippen LogP contribution >= 0.6 is 15.9 Å². The van der Waals surface area contributed by atoms with Crippen LogP contribution in [-0.4, -0.2) is 36.9 Å². The van der Waals surface area contributed by atoms with Gasteiger partial charge in [0.1, 0.15) is 0 Å². The van der Waals surface area contributed by atoms with Crippen LogP contribution in [-0.2, 0) is 10.0 Å². The lowest BCUT2D eigenvalue weighted by Gasteiger charge is -2.32. The van der Waals surface area contributed by atoms with E-state index in [1.165, 1.54) is 0 Å². The molecule has 1 atom stereocenters. The fourth-order valence-electron chi connectivity index (χ4n) is 2.23. The maximum atomic E-state index is 12.3. The van der Waals surface area contributed by atoms with Crippen molar-refractivity contribution in [3.63, 3.8) is 0 Å². The molecule has 1 fully saturated rings. The highest BCUT2D eigenvalue weighted by atomic mass is 79.9. The van der Waals surface area contributed by atoms with Gasteiger partial charge in [0.2, 0.25) is 10.0 Å². The van der Waals surface area contributed by atoms with Crippen LogP contribution in [0.3, 0.4) is 0 Å². The number of nitrogens with zero attached hydrogens (tertiary/aromatic N) is 1. The third kappa shape index (κ3) is 5.57. The van der Waals surface area contributed by atoms with Gasteiger partial charge in [-0.25, -0.2) is 12.7 Å². The van der Waals surface area contributed by atoms with Crippen LogP contribution in [0.15, 0.2) is 0 Å². The van der Waals surface area contributed by atoms with Gasteiger partial charge in [-0.3, -0.25) is 0 Å². The maximum absolute atomic E-state index is 12.3. The highest BCUT2D eigenvalue weighted by Crippen LogP contribution is 2.25. The summed E-state index contributed by atoms with van der Waals surface area (Å²) in [6, 6.07) is 0. The van der Waals surface area contributed by atoms with Crippen molar-refractivity contribution in [3.8, 4) is 0 Å². The number of alkyl halides is 1. The van der Waals surface area contributed by atoms with Crippen molar-refractivity contribution >= 4 is 26.0 Å². The Bertz CT molecular complexity index is 346. The number of piperidine rings is 1. The molecule has 18 heavy (non-hydrogen) atoms. The molecule has 1 unspecified atom stereocenters. The van der Waals surface area contributed by atoms with E-state index in [1.54, 1.807) is 4.31 Å². The lowest BCUT2D eigenvalue weighted by Crippen LogP contribution is -2.41. The molecule has 0 bridgehead atoms. The first-order valence-electron chi connectivity index (χ1n) is 6.78. The second kappa shape index (κ2) is 6.71. The highest BCUT2D eigenvalue weighted by molar-refractivity contribution is 9.09. The van der Waals surface area contributed by atoms with Gasteiger partial charge in [0.25, 0.3) is 0 Å². The zero-order valence-electron chi connectivity index (χ0n) is 11.8. The van der Waals surface area contributed by atoms with Crippen LogP contribution < -0.4 is 0 Å². The van der Waals surface area contributed by atoms with E-state index in [2.05, 4.69) is 36.7 Å². The van der Waals surface area contributed by atoms with Gasteiger partial charge >= 0.3 is 0 Å². The Balaban J connectivity index is 2.56. The Labute approximate surface area is 121 Å². The topological polar surface area (TPSA) is 37.4 Å². The Morgan fingerprint density at radius 3 is 2.56 bits per heavy atom. The monoisotopic (exact) mass is 339 g/mol. The predicted molar refractivity (Wildman–Crippen MR) is 80.6 cm³/mol. The van der Waals surface area contributed by atoms with Crippen molar-refractivity contribution in [1.29, 1.82) is 0 Å². The summed E-state index contributed by atoms with van der Waals surface area (Å²) < 4.78 is 26.3. The molecule has 0 saturated carbocycles. The molecule has 0 spiro atoms. The molecular weight excluding hydrogens is 314 g/mol. The van der Waals surface area contributed by atoms with Crippen molar-refractivity contribution in [3.05, 3.63) is 0 Å². The minimum atomic E-state index is -3.05. The van der Waals surface area contributed by atoms with E-state index in [-0.39, 0.29) is 11.2 Å². The molecule has 1 saturated heterocycles. The van der Waals surface area contributed by atoms with Gasteiger partial charge in [0.05, 0.1) is 5.75 Å². The molecule has 1 aliphatic heterocycles. The molecule has 108 valence electrons. The largest absolute Gasteiger partial charge is 0.214 e. The van der Waals surface area contributed by atoms with Crippen molar-refractivity contribution in [2.75, 3.05) is 24.2 Å². The van der Waals surface area contributed by atoms with E-state index in [4.69, 9.17) is 0 Å². The van der Waals surface area contributed by atoms with E-state index in [0.29, 0.717) is 12.5 Å². The van der Waals surface area contributed by atoms with Crippen molar-refractivity contribution in [2.45, 2.75) is 46.5 Å². The van der Waals surface area contributed by atoms with Gasteiger partial charge in [0.15, 0.2) is 0 Å².